The predicted molar refractivity (Wildman–Crippen MR) is 80.1 cm³/mol. The lowest BCUT2D eigenvalue weighted by Gasteiger charge is -2.33. The van der Waals surface area contributed by atoms with Gasteiger partial charge in [-0.25, -0.2) is 0 Å². The first-order valence-electron chi connectivity index (χ1n) is 7.93. The molecule has 0 bridgehead atoms. The highest BCUT2D eigenvalue weighted by Gasteiger charge is 2.35. The molecule has 2 aliphatic rings. The van der Waals surface area contributed by atoms with Gasteiger partial charge < -0.3 is 5.11 Å². The zero-order valence-electron chi connectivity index (χ0n) is 12.7. The summed E-state index contributed by atoms with van der Waals surface area (Å²) in [5.41, 5.74) is 0. The molecule has 0 radical (unpaired) electrons. The summed E-state index contributed by atoms with van der Waals surface area (Å²) in [6.45, 7) is 4.00. The lowest BCUT2D eigenvalue weighted by molar-refractivity contribution is -0.142. The molecule has 0 aromatic rings. The van der Waals surface area contributed by atoms with E-state index in [2.05, 4.69) is 6.92 Å². The molecule has 2 rings (SSSR count). The number of carbonyl (C=O) groups is 1. The summed E-state index contributed by atoms with van der Waals surface area (Å²) in [4.78, 5) is 10.9. The zero-order valence-corrected chi connectivity index (χ0v) is 13.5. The highest BCUT2D eigenvalue weighted by atomic mass is 32.2. The Morgan fingerprint density at radius 1 is 1.05 bits per heavy atom. The van der Waals surface area contributed by atoms with E-state index in [4.69, 9.17) is 5.11 Å². The Kier molecular flexibility index (Phi) is 5.62. The molecule has 1 atom stereocenters. The minimum absolute atomic E-state index is 0.326. The highest BCUT2D eigenvalue weighted by Crippen LogP contribution is 2.26. The first-order chi connectivity index (χ1) is 9.95. The van der Waals surface area contributed by atoms with E-state index < -0.39 is 22.1 Å². The molecule has 6 nitrogen and oxygen atoms in total. The minimum Gasteiger partial charge on any atom is -0.481 e. The Hall–Kier alpha value is -0.660. The maximum Gasteiger partial charge on any atom is 0.306 e. The van der Waals surface area contributed by atoms with Crippen LogP contribution in [0.3, 0.4) is 0 Å². The second kappa shape index (κ2) is 7.07. The van der Waals surface area contributed by atoms with Gasteiger partial charge in [-0.3, -0.25) is 4.79 Å². The molecule has 1 N–H and O–H groups in total. The fourth-order valence-electron chi connectivity index (χ4n) is 3.27. The van der Waals surface area contributed by atoms with Crippen LogP contribution in [0, 0.1) is 11.8 Å². The van der Waals surface area contributed by atoms with E-state index in [-0.39, 0.29) is 0 Å². The van der Waals surface area contributed by atoms with Crippen LogP contribution < -0.4 is 0 Å². The second-order valence-electron chi connectivity index (χ2n) is 6.12. The maximum atomic E-state index is 12.7. The van der Waals surface area contributed by atoms with Gasteiger partial charge in [0.15, 0.2) is 0 Å². The molecule has 0 saturated carbocycles. The Bertz CT molecular complexity index is 458. The van der Waals surface area contributed by atoms with Gasteiger partial charge in [-0.2, -0.15) is 17.0 Å². The van der Waals surface area contributed by atoms with Crippen molar-refractivity contribution in [3.63, 3.8) is 0 Å². The smallest absolute Gasteiger partial charge is 0.306 e. The first kappa shape index (κ1) is 16.7. The molecule has 122 valence electrons. The molecule has 0 aliphatic carbocycles. The number of hydrogen-bond acceptors (Lipinski definition) is 3. The van der Waals surface area contributed by atoms with Crippen molar-refractivity contribution in [2.75, 3.05) is 26.2 Å². The van der Waals surface area contributed by atoms with Crippen molar-refractivity contribution in [3.05, 3.63) is 0 Å². The molecule has 2 saturated heterocycles. The van der Waals surface area contributed by atoms with E-state index in [9.17, 15) is 13.2 Å². The number of piperidine rings is 1. The van der Waals surface area contributed by atoms with E-state index in [1.165, 1.54) is 4.31 Å². The Morgan fingerprint density at radius 2 is 1.62 bits per heavy atom. The molecule has 7 heteroatoms. The monoisotopic (exact) mass is 318 g/mol. The van der Waals surface area contributed by atoms with Crippen LogP contribution in [0.4, 0.5) is 0 Å². The third kappa shape index (κ3) is 3.96. The second-order valence-corrected chi connectivity index (χ2v) is 8.05. The van der Waals surface area contributed by atoms with Crippen molar-refractivity contribution in [1.82, 2.24) is 8.61 Å². The van der Waals surface area contributed by atoms with Crippen LogP contribution in [0.1, 0.15) is 45.4 Å². The average molecular weight is 318 g/mol. The van der Waals surface area contributed by atoms with E-state index >= 15 is 0 Å². The average Bonchev–Trinajstić information content (AvgIpc) is 2.73. The topological polar surface area (TPSA) is 77.9 Å². The zero-order chi connectivity index (χ0) is 15.5. The van der Waals surface area contributed by atoms with Gasteiger partial charge in [-0.05, 0) is 38.0 Å². The van der Waals surface area contributed by atoms with Gasteiger partial charge in [0, 0.05) is 26.2 Å². The van der Waals surface area contributed by atoms with Crippen molar-refractivity contribution in [3.8, 4) is 0 Å². The summed E-state index contributed by atoms with van der Waals surface area (Å²) in [5.74, 6) is -0.583. The number of carboxylic acids is 1. The van der Waals surface area contributed by atoms with Gasteiger partial charge in [-0.15, -0.1) is 0 Å². The molecular weight excluding hydrogens is 292 g/mol. The summed E-state index contributed by atoms with van der Waals surface area (Å²) in [6, 6.07) is 0. The summed E-state index contributed by atoms with van der Waals surface area (Å²) in [5, 5.41) is 8.99. The Balaban J connectivity index is 1.97. The molecule has 21 heavy (non-hydrogen) atoms. The molecule has 2 heterocycles. The molecule has 2 aliphatic heterocycles. The Morgan fingerprint density at radius 3 is 2.19 bits per heavy atom. The largest absolute Gasteiger partial charge is 0.481 e. The molecular formula is C14H26N2O4S. The maximum absolute atomic E-state index is 12.7. The molecule has 0 spiro atoms. The van der Waals surface area contributed by atoms with Gasteiger partial charge in [-0.1, -0.05) is 13.3 Å². The van der Waals surface area contributed by atoms with Gasteiger partial charge in [0.05, 0.1) is 5.92 Å². The van der Waals surface area contributed by atoms with E-state index in [0.29, 0.717) is 44.9 Å². The summed E-state index contributed by atoms with van der Waals surface area (Å²) >= 11 is 0. The summed E-state index contributed by atoms with van der Waals surface area (Å²) < 4.78 is 28.4. The van der Waals surface area contributed by atoms with Crippen LogP contribution in [-0.4, -0.2) is 54.3 Å². The van der Waals surface area contributed by atoms with E-state index in [0.717, 1.165) is 25.7 Å². The summed E-state index contributed by atoms with van der Waals surface area (Å²) in [7, 11) is -3.42. The number of rotatable bonds is 4. The molecule has 0 aromatic heterocycles. The lowest BCUT2D eigenvalue weighted by atomic mass is 9.98. The number of aliphatic carboxylic acids is 1. The third-order valence-electron chi connectivity index (χ3n) is 4.84. The Labute approximate surface area is 127 Å². The van der Waals surface area contributed by atoms with Crippen LogP contribution >= 0.6 is 0 Å². The van der Waals surface area contributed by atoms with Crippen LogP contribution in [0.15, 0.2) is 0 Å². The number of nitrogens with zero attached hydrogens (tertiary/aromatic N) is 2. The lowest BCUT2D eigenvalue weighted by Crippen LogP contribution is -2.48. The quantitative estimate of drug-likeness (QED) is 0.853. The van der Waals surface area contributed by atoms with Crippen molar-refractivity contribution >= 4 is 16.2 Å². The normalized spacial score (nSPS) is 27.4. The van der Waals surface area contributed by atoms with Gasteiger partial charge in [0.25, 0.3) is 10.2 Å². The van der Waals surface area contributed by atoms with Crippen LogP contribution in [0.2, 0.25) is 0 Å². The highest BCUT2D eigenvalue weighted by molar-refractivity contribution is 7.86. The van der Waals surface area contributed by atoms with Gasteiger partial charge in [0.2, 0.25) is 0 Å². The molecule has 0 amide bonds. The van der Waals surface area contributed by atoms with E-state index in [1.807, 2.05) is 0 Å². The van der Waals surface area contributed by atoms with Gasteiger partial charge >= 0.3 is 5.97 Å². The van der Waals surface area contributed by atoms with E-state index in [1.54, 1.807) is 4.31 Å². The predicted octanol–water partition coefficient (Wildman–Crippen LogP) is 1.54. The minimum atomic E-state index is -3.42. The van der Waals surface area contributed by atoms with Crippen LogP contribution in [0.25, 0.3) is 0 Å². The molecule has 1 unspecified atom stereocenters. The third-order valence-corrected chi connectivity index (χ3v) is 6.88. The number of carboxylic acid groups (broad SMARTS) is 1. The van der Waals surface area contributed by atoms with Crippen molar-refractivity contribution in [1.29, 1.82) is 0 Å². The van der Waals surface area contributed by atoms with Crippen LogP contribution in [-0.2, 0) is 15.0 Å². The molecule has 2 fully saturated rings. The number of hydrogen-bond donors (Lipinski definition) is 1. The van der Waals surface area contributed by atoms with Crippen LogP contribution in [0.5, 0.6) is 0 Å². The SMILES string of the molecule is CCC1CCCN(S(=O)(=O)N2CCC(C(=O)O)CC2)CC1. The van der Waals surface area contributed by atoms with Crippen molar-refractivity contribution in [2.45, 2.75) is 45.4 Å². The fraction of sp³-hybridized carbons (Fsp3) is 0.929. The fourth-order valence-corrected chi connectivity index (χ4v) is 4.97. The van der Waals surface area contributed by atoms with Gasteiger partial charge in [0.1, 0.15) is 0 Å². The van der Waals surface area contributed by atoms with Crippen molar-refractivity contribution < 1.29 is 18.3 Å². The first-order valence-corrected chi connectivity index (χ1v) is 9.33. The van der Waals surface area contributed by atoms with Crippen molar-refractivity contribution in [2.24, 2.45) is 11.8 Å². The molecule has 0 aromatic carbocycles. The summed E-state index contributed by atoms with van der Waals surface area (Å²) in [6.07, 6.45) is 4.89. The standard InChI is InChI=1S/C14H26N2O4S/c1-2-12-4-3-8-15(9-5-12)21(19,20)16-10-6-13(7-11-16)14(17)18/h12-13H,2-11H2,1H3,(H,17,18).